The number of hydrogen-bond donors (Lipinski definition) is 2. The highest BCUT2D eigenvalue weighted by atomic mass is 32.1. The van der Waals surface area contributed by atoms with E-state index in [9.17, 15) is 18.8 Å². The summed E-state index contributed by atoms with van der Waals surface area (Å²) in [5, 5.41) is 3.16. The highest BCUT2D eigenvalue weighted by Gasteiger charge is 2.32. The van der Waals surface area contributed by atoms with Gasteiger partial charge in [0, 0.05) is 31.4 Å². The number of aromatic nitrogens is 2. The van der Waals surface area contributed by atoms with Crippen LogP contribution in [-0.4, -0.2) is 34.0 Å². The van der Waals surface area contributed by atoms with Crippen molar-refractivity contribution in [1.82, 2.24) is 14.3 Å². The van der Waals surface area contributed by atoms with Crippen molar-refractivity contribution in [2.75, 3.05) is 18.0 Å². The van der Waals surface area contributed by atoms with Gasteiger partial charge in [0.15, 0.2) is 0 Å². The molecule has 7 nitrogen and oxygen atoms in total. The number of anilines is 1. The number of H-pyrrole nitrogens is 1. The van der Waals surface area contributed by atoms with Crippen LogP contribution in [0.25, 0.3) is 21.1 Å². The van der Waals surface area contributed by atoms with Gasteiger partial charge in [-0.2, -0.15) is 0 Å². The molecular weight excluding hydrogens is 371 g/mol. The van der Waals surface area contributed by atoms with Crippen molar-refractivity contribution in [2.45, 2.75) is 31.8 Å². The molecule has 2 aromatic heterocycles. The Morgan fingerprint density at radius 1 is 1.30 bits per heavy atom. The molecular formula is C18H17FN4O3S. The fourth-order valence-corrected chi connectivity index (χ4v) is 4.76. The minimum atomic E-state index is -0.491. The number of amides is 1. The van der Waals surface area contributed by atoms with Gasteiger partial charge in [0.05, 0.1) is 17.2 Å². The first kappa shape index (κ1) is 16.5. The standard InChI is InChI=1S/C18H17FN4O3S/c1-8(24)20-9-6-22(7-9)14-5-13-11(4-12(14)19)16(25)15-17(26)21-27-18(15)23(13)10-2-3-10/h4-5,9-10H,2-3,6-7H2,1H3,(H,20,24)(H,21,26). The van der Waals surface area contributed by atoms with Gasteiger partial charge in [-0.3, -0.25) is 18.8 Å². The van der Waals surface area contributed by atoms with Crippen LogP contribution in [0.1, 0.15) is 25.8 Å². The van der Waals surface area contributed by atoms with Crippen molar-refractivity contribution in [2.24, 2.45) is 0 Å². The lowest BCUT2D eigenvalue weighted by atomic mass is 10.1. The van der Waals surface area contributed by atoms with Gasteiger partial charge < -0.3 is 14.8 Å². The first-order valence-corrected chi connectivity index (χ1v) is 9.66. The van der Waals surface area contributed by atoms with E-state index in [1.807, 2.05) is 9.47 Å². The van der Waals surface area contributed by atoms with E-state index in [0.717, 1.165) is 24.4 Å². The Balaban J connectivity index is 1.68. The maximum absolute atomic E-state index is 14.8. The molecule has 1 saturated carbocycles. The Morgan fingerprint density at radius 3 is 2.70 bits per heavy atom. The summed E-state index contributed by atoms with van der Waals surface area (Å²) >= 11 is 1.15. The number of carbonyl (C=O) groups excluding carboxylic acids is 1. The summed E-state index contributed by atoms with van der Waals surface area (Å²) < 4.78 is 19.4. The number of nitrogens with one attached hydrogen (secondary N) is 2. The molecule has 1 saturated heterocycles. The molecule has 1 aliphatic carbocycles. The number of hydrogen-bond acceptors (Lipinski definition) is 5. The van der Waals surface area contributed by atoms with E-state index in [4.69, 9.17) is 0 Å². The second-order valence-corrected chi connectivity index (χ2v) is 8.06. The largest absolute Gasteiger partial charge is 0.365 e. The van der Waals surface area contributed by atoms with Crippen molar-refractivity contribution in [3.05, 3.63) is 38.5 Å². The summed E-state index contributed by atoms with van der Waals surface area (Å²) in [4.78, 5) is 38.5. The van der Waals surface area contributed by atoms with Crippen LogP contribution < -0.4 is 21.2 Å². The molecule has 5 rings (SSSR count). The number of benzene rings is 1. The average molecular weight is 388 g/mol. The first-order valence-electron chi connectivity index (χ1n) is 8.85. The van der Waals surface area contributed by atoms with Gasteiger partial charge in [-0.15, -0.1) is 0 Å². The predicted molar refractivity (Wildman–Crippen MR) is 102 cm³/mol. The Labute approximate surface area is 156 Å². The molecule has 2 fully saturated rings. The number of pyridine rings is 1. The quantitative estimate of drug-likeness (QED) is 0.715. The molecule has 3 aromatic rings. The van der Waals surface area contributed by atoms with E-state index in [-0.39, 0.29) is 28.8 Å². The third-order valence-corrected chi connectivity index (χ3v) is 6.12. The minimum Gasteiger partial charge on any atom is -0.365 e. The number of carbonyl (C=O) groups is 1. The van der Waals surface area contributed by atoms with Crippen LogP contribution in [-0.2, 0) is 4.79 Å². The Kier molecular flexibility index (Phi) is 3.45. The molecule has 1 amide bonds. The molecule has 3 heterocycles. The van der Waals surface area contributed by atoms with Gasteiger partial charge in [-0.1, -0.05) is 0 Å². The lowest BCUT2D eigenvalue weighted by Crippen LogP contribution is -2.59. The van der Waals surface area contributed by atoms with Crippen LogP contribution in [0.5, 0.6) is 0 Å². The van der Waals surface area contributed by atoms with Gasteiger partial charge in [-0.25, -0.2) is 4.39 Å². The molecule has 1 aromatic carbocycles. The van der Waals surface area contributed by atoms with Crippen LogP contribution in [0.3, 0.4) is 0 Å². The van der Waals surface area contributed by atoms with E-state index in [2.05, 4.69) is 9.69 Å². The molecule has 9 heteroatoms. The highest BCUT2D eigenvalue weighted by Crippen LogP contribution is 2.41. The van der Waals surface area contributed by atoms with Crippen LogP contribution in [0.2, 0.25) is 0 Å². The summed E-state index contributed by atoms with van der Waals surface area (Å²) in [5.41, 5.74) is 0.232. The number of rotatable bonds is 3. The van der Waals surface area contributed by atoms with Crippen molar-refractivity contribution in [3.8, 4) is 0 Å². The molecule has 0 radical (unpaired) electrons. The summed E-state index contributed by atoms with van der Waals surface area (Å²) in [6.07, 6.45) is 1.94. The lowest BCUT2D eigenvalue weighted by Gasteiger charge is -2.41. The van der Waals surface area contributed by atoms with E-state index < -0.39 is 16.8 Å². The van der Waals surface area contributed by atoms with E-state index in [1.165, 1.54) is 13.0 Å². The van der Waals surface area contributed by atoms with E-state index >= 15 is 0 Å². The maximum atomic E-state index is 14.8. The van der Waals surface area contributed by atoms with Gasteiger partial charge >= 0.3 is 0 Å². The Bertz CT molecular complexity index is 1220. The number of aromatic amines is 1. The number of nitrogens with zero attached hydrogens (tertiary/aromatic N) is 2. The zero-order chi connectivity index (χ0) is 18.9. The minimum absolute atomic E-state index is 0.000574. The van der Waals surface area contributed by atoms with Gasteiger partial charge in [0.2, 0.25) is 11.3 Å². The molecule has 1 aliphatic heterocycles. The van der Waals surface area contributed by atoms with Crippen molar-refractivity contribution in [1.29, 1.82) is 0 Å². The van der Waals surface area contributed by atoms with E-state index in [0.29, 0.717) is 29.1 Å². The molecule has 2 aliphatic rings. The Morgan fingerprint density at radius 2 is 2.04 bits per heavy atom. The molecule has 140 valence electrons. The first-order chi connectivity index (χ1) is 12.9. The second-order valence-electron chi connectivity index (χ2n) is 7.27. The molecule has 0 bridgehead atoms. The van der Waals surface area contributed by atoms with Gasteiger partial charge in [-0.05, 0) is 36.5 Å². The average Bonchev–Trinajstić information content (AvgIpc) is 3.34. The fourth-order valence-electron chi connectivity index (χ4n) is 3.83. The van der Waals surface area contributed by atoms with Crippen molar-refractivity contribution >= 4 is 44.2 Å². The van der Waals surface area contributed by atoms with E-state index in [1.54, 1.807) is 6.07 Å². The summed E-state index contributed by atoms with van der Waals surface area (Å²) in [6.45, 7) is 2.51. The van der Waals surface area contributed by atoms with Crippen molar-refractivity contribution in [3.63, 3.8) is 0 Å². The third kappa shape index (κ3) is 2.48. The lowest BCUT2D eigenvalue weighted by molar-refractivity contribution is -0.119. The van der Waals surface area contributed by atoms with Crippen LogP contribution >= 0.6 is 11.5 Å². The van der Waals surface area contributed by atoms with Crippen molar-refractivity contribution < 1.29 is 9.18 Å². The van der Waals surface area contributed by atoms with Crippen LogP contribution in [0.4, 0.5) is 10.1 Å². The zero-order valence-corrected chi connectivity index (χ0v) is 15.4. The molecule has 0 atom stereocenters. The van der Waals surface area contributed by atoms with Gasteiger partial charge in [0.25, 0.3) is 5.56 Å². The van der Waals surface area contributed by atoms with Crippen LogP contribution in [0.15, 0.2) is 21.7 Å². The number of halogens is 1. The molecule has 0 spiro atoms. The number of fused-ring (bicyclic) bond motifs is 2. The monoisotopic (exact) mass is 388 g/mol. The smallest absolute Gasteiger partial charge is 0.271 e. The molecule has 2 N–H and O–H groups in total. The Hall–Kier alpha value is -2.68. The third-order valence-electron chi connectivity index (χ3n) is 5.24. The SMILES string of the molecule is CC(=O)NC1CN(c2cc3c(cc2F)c(=O)c2c(=O)[nH]sc2n3C2CC2)C1. The molecule has 0 unspecified atom stereocenters. The normalized spacial score (nSPS) is 17.5. The molecule has 27 heavy (non-hydrogen) atoms. The predicted octanol–water partition coefficient (Wildman–Crippen LogP) is 1.70. The maximum Gasteiger partial charge on any atom is 0.271 e. The second kappa shape index (κ2) is 5.66. The van der Waals surface area contributed by atoms with Crippen LogP contribution in [0, 0.1) is 5.82 Å². The summed E-state index contributed by atoms with van der Waals surface area (Å²) in [7, 11) is 0. The zero-order valence-electron chi connectivity index (χ0n) is 14.5. The topological polar surface area (TPSA) is 87.2 Å². The summed E-state index contributed by atoms with van der Waals surface area (Å²) in [5.74, 6) is -0.597. The highest BCUT2D eigenvalue weighted by molar-refractivity contribution is 7.12. The van der Waals surface area contributed by atoms with Gasteiger partial charge in [0.1, 0.15) is 16.0 Å². The fraction of sp³-hybridized carbons (Fsp3) is 0.389. The summed E-state index contributed by atoms with van der Waals surface area (Å²) in [6, 6.07) is 3.18.